The lowest BCUT2D eigenvalue weighted by Gasteiger charge is -2.44. The van der Waals surface area contributed by atoms with Gasteiger partial charge in [-0.3, -0.25) is 19.4 Å². The van der Waals surface area contributed by atoms with Crippen LogP contribution < -0.4 is 11.5 Å². The van der Waals surface area contributed by atoms with E-state index in [2.05, 4.69) is 31.9 Å². The molecule has 0 atom stereocenters. The normalized spacial score (nSPS) is 15.2. The van der Waals surface area contributed by atoms with Crippen LogP contribution in [0.4, 0.5) is 4.79 Å². The number of hydrogen-bond acceptors (Lipinski definition) is 5. The molecule has 1 aliphatic heterocycles. The summed E-state index contributed by atoms with van der Waals surface area (Å²) in [5.41, 5.74) is 11.7. The van der Waals surface area contributed by atoms with Crippen molar-refractivity contribution in [1.29, 1.82) is 0 Å². The van der Waals surface area contributed by atoms with Crippen molar-refractivity contribution in [3.63, 3.8) is 0 Å². The molecule has 0 radical (unpaired) electrons. The summed E-state index contributed by atoms with van der Waals surface area (Å²) in [4.78, 5) is 45.8. The van der Waals surface area contributed by atoms with Crippen molar-refractivity contribution < 1.29 is 14.4 Å². The van der Waals surface area contributed by atoms with Crippen LogP contribution in [0.3, 0.4) is 0 Å². The number of barbiturate groups is 1. The number of amides is 4. The minimum absolute atomic E-state index is 0.150. The van der Waals surface area contributed by atoms with E-state index in [0.29, 0.717) is 38.8 Å². The summed E-state index contributed by atoms with van der Waals surface area (Å²) in [6, 6.07) is 23.2. The highest BCUT2D eigenvalue weighted by Gasteiger charge is 2.57. The van der Waals surface area contributed by atoms with Crippen molar-refractivity contribution in [3.05, 3.63) is 92.9 Å². The second-order valence-electron chi connectivity index (χ2n) is 11.1. The van der Waals surface area contributed by atoms with Gasteiger partial charge in [-0.2, -0.15) is 0 Å². The number of urea groups is 1. The molecule has 1 saturated heterocycles. The van der Waals surface area contributed by atoms with Gasteiger partial charge in [0.15, 0.2) is 0 Å². The molecule has 5 rings (SSSR count). The Bertz CT molecular complexity index is 1550. The van der Waals surface area contributed by atoms with Crippen molar-refractivity contribution in [2.24, 2.45) is 16.9 Å². The first-order valence-corrected chi connectivity index (χ1v) is 16.3. The Labute approximate surface area is 268 Å². The van der Waals surface area contributed by atoms with E-state index in [4.69, 9.17) is 11.5 Å². The molecule has 43 heavy (non-hydrogen) atoms. The van der Waals surface area contributed by atoms with Crippen molar-refractivity contribution in [3.8, 4) is 0 Å². The SMILES string of the molecule is NCCCCN1C(=O)N(CCCCN)C(=O)C(Cc2ccc(Br)c3ccccc23)(Cc2ccc(Br)c3ccccc23)C1=O. The molecule has 0 spiro atoms. The fourth-order valence-electron chi connectivity index (χ4n) is 6.12. The van der Waals surface area contributed by atoms with Gasteiger partial charge in [-0.05, 0) is 96.4 Å². The van der Waals surface area contributed by atoms with Crippen LogP contribution in [0.25, 0.3) is 21.5 Å². The first-order valence-electron chi connectivity index (χ1n) is 14.7. The molecule has 1 heterocycles. The highest BCUT2D eigenvalue weighted by Crippen LogP contribution is 2.41. The maximum Gasteiger partial charge on any atom is 0.333 e. The highest BCUT2D eigenvalue weighted by molar-refractivity contribution is 9.11. The average Bonchev–Trinajstić information content (AvgIpc) is 3.02. The molecule has 0 aromatic heterocycles. The Kier molecular flexibility index (Phi) is 9.96. The number of benzene rings is 4. The Morgan fingerprint density at radius 1 is 0.558 bits per heavy atom. The molecule has 224 valence electrons. The molecule has 0 unspecified atom stereocenters. The number of carbonyl (C=O) groups is 3. The number of nitrogens with two attached hydrogens (primary N) is 2. The van der Waals surface area contributed by atoms with Gasteiger partial charge in [0.25, 0.3) is 0 Å². The second kappa shape index (κ2) is 13.7. The fraction of sp³-hybridized carbons (Fsp3) is 0.324. The van der Waals surface area contributed by atoms with Gasteiger partial charge in [-0.1, -0.05) is 92.5 Å². The summed E-state index contributed by atoms with van der Waals surface area (Å²) < 4.78 is 1.87. The molecule has 4 amide bonds. The molecule has 4 aromatic rings. The Balaban J connectivity index is 1.70. The minimum atomic E-state index is -1.54. The number of imide groups is 2. The Hall–Kier alpha value is -3.11. The summed E-state index contributed by atoms with van der Waals surface area (Å²) >= 11 is 7.32. The van der Waals surface area contributed by atoms with E-state index < -0.39 is 23.3 Å². The van der Waals surface area contributed by atoms with E-state index in [1.54, 1.807) is 0 Å². The number of fused-ring (bicyclic) bond motifs is 2. The molecule has 0 aliphatic carbocycles. The summed E-state index contributed by atoms with van der Waals surface area (Å²) in [5, 5.41) is 3.91. The topological polar surface area (TPSA) is 110 Å². The first kappa shape index (κ1) is 31.3. The van der Waals surface area contributed by atoms with Crippen molar-refractivity contribution in [2.75, 3.05) is 26.2 Å². The molecule has 1 fully saturated rings. The zero-order chi connectivity index (χ0) is 30.6. The van der Waals surface area contributed by atoms with E-state index in [-0.39, 0.29) is 25.9 Å². The maximum absolute atomic E-state index is 14.7. The largest absolute Gasteiger partial charge is 0.333 e. The molecule has 0 saturated carbocycles. The van der Waals surface area contributed by atoms with Crippen LogP contribution in [0, 0.1) is 5.41 Å². The number of rotatable bonds is 12. The monoisotopic (exact) mass is 706 g/mol. The first-order chi connectivity index (χ1) is 20.8. The smallest absolute Gasteiger partial charge is 0.330 e. The Morgan fingerprint density at radius 3 is 1.35 bits per heavy atom. The molecular formula is C34H36Br2N4O3. The zero-order valence-corrected chi connectivity index (χ0v) is 27.2. The fourth-order valence-corrected chi connectivity index (χ4v) is 7.08. The molecular weight excluding hydrogens is 672 g/mol. The third-order valence-electron chi connectivity index (χ3n) is 8.35. The highest BCUT2D eigenvalue weighted by atomic mass is 79.9. The lowest BCUT2D eigenvalue weighted by Crippen LogP contribution is -2.66. The average molecular weight is 708 g/mol. The minimum Gasteiger partial charge on any atom is -0.330 e. The summed E-state index contributed by atoms with van der Waals surface area (Å²) in [5.74, 6) is -0.901. The Morgan fingerprint density at radius 2 is 0.953 bits per heavy atom. The van der Waals surface area contributed by atoms with Gasteiger partial charge in [-0.15, -0.1) is 0 Å². The van der Waals surface area contributed by atoms with E-state index in [1.807, 2.05) is 72.8 Å². The number of nitrogens with zero attached hydrogens (tertiary/aromatic N) is 2. The molecule has 0 bridgehead atoms. The van der Waals surface area contributed by atoms with Crippen LogP contribution in [0.5, 0.6) is 0 Å². The zero-order valence-electron chi connectivity index (χ0n) is 24.0. The lowest BCUT2D eigenvalue weighted by molar-refractivity contribution is -0.159. The van der Waals surface area contributed by atoms with Gasteiger partial charge < -0.3 is 11.5 Å². The van der Waals surface area contributed by atoms with E-state index in [9.17, 15) is 14.4 Å². The van der Waals surface area contributed by atoms with Crippen molar-refractivity contribution >= 4 is 71.3 Å². The van der Waals surface area contributed by atoms with E-state index in [0.717, 1.165) is 41.6 Å². The molecule has 9 heteroatoms. The van der Waals surface area contributed by atoms with Crippen LogP contribution in [0.15, 0.2) is 81.7 Å². The summed E-state index contributed by atoms with van der Waals surface area (Å²) in [7, 11) is 0. The van der Waals surface area contributed by atoms with Crippen LogP contribution in [-0.2, 0) is 22.4 Å². The van der Waals surface area contributed by atoms with Crippen LogP contribution in [-0.4, -0.2) is 53.8 Å². The summed E-state index contributed by atoms with van der Waals surface area (Å²) in [6.07, 6.45) is 2.77. The number of unbranched alkanes of at least 4 members (excludes halogenated alkanes) is 2. The van der Waals surface area contributed by atoms with Crippen molar-refractivity contribution in [2.45, 2.75) is 38.5 Å². The standard InChI is InChI=1S/C34H36Br2N4O3/c35-29-15-13-23(25-9-1-3-11-27(25)29)21-34(22-24-14-16-30(36)28-12-4-2-10-26(24)28)31(41)39(19-7-5-17-37)33(43)40(32(34)42)20-8-6-18-38/h1-4,9-16H,5-8,17-22,37-38H2. The third-order valence-corrected chi connectivity index (χ3v) is 9.73. The lowest BCUT2D eigenvalue weighted by atomic mass is 9.71. The van der Waals surface area contributed by atoms with E-state index >= 15 is 0 Å². The van der Waals surface area contributed by atoms with Crippen LogP contribution >= 0.6 is 31.9 Å². The third kappa shape index (κ3) is 6.13. The molecule has 1 aliphatic rings. The number of hydrogen-bond donors (Lipinski definition) is 2. The van der Waals surface area contributed by atoms with Gasteiger partial charge in [0.1, 0.15) is 5.41 Å². The van der Waals surface area contributed by atoms with Gasteiger partial charge in [0, 0.05) is 22.0 Å². The molecule has 4 N–H and O–H groups in total. The predicted molar refractivity (Wildman–Crippen MR) is 179 cm³/mol. The quantitative estimate of drug-likeness (QED) is 0.128. The number of carbonyl (C=O) groups excluding carboxylic acids is 3. The molecule has 4 aromatic carbocycles. The maximum atomic E-state index is 14.7. The van der Waals surface area contributed by atoms with E-state index in [1.165, 1.54) is 9.80 Å². The van der Waals surface area contributed by atoms with Crippen molar-refractivity contribution in [1.82, 2.24) is 9.80 Å². The number of halogens is 2. The molecule has 7 nitrogen and oxygen atoms in total. The summed E-state index contributed by atoms with van der Waals surface area (Å²) in [6.45, 7) is 1.32. The predicted octanol–water partition coefficient (Wildman–Crippen LogP) is 6.56. The van der Waals surface area contributed by atoms with Gasteiger partial charge in [-0.25, -0.2) is 4.79 Å². The van der Waals surface area contributed by atoms with Gasteiger partial charge in [0.2, 0.25) is 11.8 Å². The van der Waals surface area contributed by atoms with Crippen LogP contribution in [0.2, 0.25) is 0 Å². The van der Waals surface area contributed by atoms with Gasteiger partial charge in [0.05, 0.1) is 0 Å². The van der Waals surface area contributed by atoms with Crippen LogP contribution in [0.1, 0.15) is 36.8 Å². The van der Waals surface area contributed by atoms with Gasteiger partial charge >= 0.3 is 6.03 Å². The second-order valence-corrected chi connectivity index (χ2v) is 12.8.